The largest absolute Gasteiger partial charge is 0.323 e. The van der Waals surface area contributed by atoms with Crippen LogP contribution in [0.3, 0.4) is 0 Å². The maximum atomic E-state index is 6.24. The van der Waals surface area contributed by atoms with Crippen LogP contribution >= 0.6 is 23.2 Å². The van der Waals surface area contributed by atoms with Crippen LogP contribution in [0.4, 0.5) is 0 Å². The average Bonchev–Trinajstić information content (AvgIpc) is 2.81. The molecule has 0 bridgehead atoms. The number of aryl methyl sites for hydroxylation is 1. The Morgan fingerprint density at radius 2 is 1.80 bits per heavy atom. The van der Waals surface area contributed by atoms with E-state index in [4.69, 9.17) is 23.2 Å². The normalized spacial score (nSPS) is 11.1. The Bertz CT molecular complexity index is 720. The summed E-state index contributed by atoms with van der Waals surface area (Å²) in [6.07, 6.45) is 0.736. The predicted octanol–water partition coefficient (Wildman–Crippen LogP) is 4.52. The average molecular weight is 305 g/mol. The molecule has 1 aromatic heterocycles. The quantitative estimate of drug-likeness (QED) is 0.648. The van der Waals surface area contributed by atoms with Gasteiger partial charge in [-0.3, -0.25) is 0 Å². The van der Waals surface area contributed by atoms with E-state index in [-0.39, 0.29) is 0 Å². The Kier molecular flexibility index (Phi) is 3.95. The third kappa shape index (κ3) is 2.54. The number of imidazole rings is 1. The van der Waals surface area contributed by atoms with Crippen molar-refractivity contribution in [2.75, 3.05) is 5.88 Å². The summed E-state index contributed by atoms with van der Waals surface area (Å²) in [7, 11) is 0. The third-order valence-corrected chi connectivity index (χ3v) is 3.80. The van der Waals surface area contributed by atoms with E-state index in [1.54, 1.807) is 0 Å². The third-order valence-electron chi connectivity index (χ3n) is 3.31. The van der Waals surface area contributed by atoms with Gasteiger partial charge in [0.2, 0.25) is 0 Å². The number of halogens is 2. The van der Waals surface area contributed by atoms with E-state index in [0.29, 0.717) is 10.9 Å². The van der Waals surface area contributed by atoms with Gasteiger partial charge in [-0.2, -0.15) is 0 Å². The van der Waals surface area contributed by atoms with Gasteiger partial charge in [-0.1, -0.05) is 48.0 Å². The Labute approximate surface area is 128 Å². The Morgan fingerprint density at radius 1 is 1.00 bits per heavy atom. The van der Waals surface area contributed by atoms with Gasteiger partial charge < -0.3 is 4.57 Å². The maximum absolute atomic E-state index is 6.24. The maximum Gasteiger partial charge on any atom is 0.111 e. The minimum absolute atomic E-state index is 0.551. The minimum atomic E-state index is 0.551. The zero-order valence-electron chi connectivity index (χ0n) is 10.9. The van der Waals surface area contributed by atoms with E-state index in [1.165, 1.54) is 5.56 Å². The number of aromatic nitrogens is 2. The first kappa shape index (κ1) is 13.5. The van der Waals surface area contributed by atoms with Crippen molar-refractivity contribution in [3.63, 3.8) is 0 Å². The minimum Gasteiger partial charge on any atom is -0.323 e. The summed E-state index contributed by atoms with van der Waals surface area (Å²) in [5.41, 5.74) is 3.15. The SMILES string of the molecule is ClCCc1nc2c(Cl)cccc2n1Cc1ccccc1. The highest BCUT2D eigenvalue weighted by atomic mass is 35.5. The Morgan fingerprint density at radius 3 is 2.55 bits per heavy atom. The molecule has 2 nitrogen and oxygen atoms in total. The number of alkyl halides is 1. The molecule has 0 aliphatic heterocycles. The predicted molar refractivity (Wildman–Crippen MR) is 84.7 cm³/mol. The van der Waals surface area contributed by atoms with Crippen LogP contribution in [0.25, 0.3) is 11.0 Å². The molecule has 0 unspecified atom stereocenters. The highest BCUT2D eigenvalue weighted by Crippen LogP contribution is 2.25. The van der Waals surface area contributed by atoms with Crippen molar-refractivity contribution in [2.24, 2.45) is 0 Å². The number of benzene rings is 2. The first-order chi connectivity index (χ1) is 9.79. The monoisotopic (exact) mass is 304 g/mol. The molecule has 0 atom stereocenters. The van der Waals surface area contributed by atoms with Crippen LogP contribution in [0.1, 0.15) is 11.4 Å². The Balaban J connectivity index is 2.12. The fourth-order valence-corrected chi connectivity index (χ4v) is 2.76. The zero-order valence-corrected chi connectivity index (χ0v) is 12.4. The van der Waals surface area contributed by atoms with Crippen molar-refractivity contribution in [3.8, 4) is 0 Å². The van der Waals surface area contributed by atoms with E-state index in [1.807, 2.05) is 30.3 Å². The van der Waals surface area contributed by atoms with Gasteiger partial charge in [-0.05, 0) is 17.7 Å². The van der Waals surface area contributed by atoms with Crippen molar-refractivity contribution in [2.45, 2.75) is 13.0 Å². The van der Waals surface area contributed by atoms with Crippen LogP contribution in [0, 0.1) is 0 Å². The van der Waals surface area contributed by atoms with Crippen LogP contribution in [0.5, 0.6) is 0 Å². The Hall–Kier alpha value is -1.51. The highest BCUT2D eigenvalue weighted by Gasteiger charge is 2.12. The van der Waals surface area contributed by atoms with Crippen LogP contribution in [-0.2, 0) is 13.0 Å². The zero-order chi connectivity index (χ0) is 13.9. The molecule has 4 heteroatoms. The van der Waals surface area contributed by atoms with Gasteiger partial charge in [0.15, 0.2) is 0 Å². The fraction of sp³-hybridized carbons (Fsp3) is 0.188. The second-order valence-corrected chi connectivity index (χ2v) is 5.43. The lowest BCUT2D eigenvalue weighted by Crippen LogP contribution is -2.05. The molecule has 3 rings (SSSR count). The summed E-state index contributed by atoms with van der Waals surface area (Å²) in [6.45, 7) is 0.782. The number of para-hydroxylation sites is 1. The van der Waals surface area contributed by atoms with E-state index in [2.05, 4.69) is 27.8 Å². The van der Waals surface area contributed by atoms with Gasteiger partial charge in [0.1, 0.15) is 11.3 Å². The molecule has 0 aliphatic carbocycles. The standard InChI is InChI=1S/C16H14Cl2N2/c17-10-9-15-19-16-13(18)7-4-8-14(16)20(15)11-12-5-2-1-3-6-12/h1-8H,9-11H2. The smallest absolute Gasteiger partial charge is 0.111 e. The van der Waals surface area contributed by atoms with E-state index in [9.17, 15) is 0 Å². The van der Waals surface area contributed by atoms with Gasteiger partial charge >= 0.3 is 0 Å². The molecular formula is C16H14Cl2N2. The van der Waals surface area contributed by atoms with Crippen molar-refractivity contribution in [3.05, 3.63) is 64.9 Å². The second kappa shape index (κ2) is 5.86. The van der Waals surface area contributed by atoms with E-state index < -0.39 is 0 Å². The first-order valence-electron chi connectivity index (χ1n) is 6.53. The summed E-state index contributed by atoms with van der Waals surface area (Å²) in [6, 6.07) is 16.2. The van der Waals surface area contributed by atoms with Crippen molar-refractivity contribution in [1.82, 2.24) is 9.55 Å². The van der Waals surface area contributed by atoms with Crippen molar-refractivity contribution in [1.29, 1.82) is 0 Å². The molecule has 0 saturated carbocycles. The lowest BCUT2D eigenvalue weighted by molar-refractivity contribution is 0.754. The van der Waals surface area contributed by atoms with Gasteiger partial charge in [0.25, 0.3) is 0 Å². The van der Waals surface area contributed by atoms with Gasteiger partial charge in [-0.15, -0.1) is 11.6 Å². The number of rotatable bonds is 4. The van der Waals surface area contributed by atoms with Crippen LogP contribution < -0.4 is 0 Å². The van der Waals surface area contributed by atoms with E-state index >= 15 is 0 Å². The lowest BCUT2D eigenvalue weighted by Gasteiger charge is -2.08. The number of fused-ring (bicyclic) bond motifs is 1. The molecule has 0 fully saturated rings. The van der Waals surface area contributed by atoms with Gasteiger partial charge in [0.05, 0.1) is 10.5 Å². The summed E-state index contributed by atoms with van der Waals surface area (Å²) in [5, 5.41) is 0.685. The molecule has 0 saturated heterocycles. The molecule has 3 aromatic rings. The fourth-order valence-electron chi connectivity index (χ4n) is 2.38. The summed E-state index contributed by atoms with van der Waals surface area (Å²) >= 11 is 12.1. The molecule has 0 radical (unpaired) electrons. The molecule has 20 heavy (non-hydrogen) atoms. The molecule has 0 N–H and O–H groups in total. The highest BCUT2D eigenvalue weighted by molar-refractivity contribution is 6.34. The molecule has 1 heterocycles. The van der Waals surface area contributed by atoms with Crippen LogP contribution in [0.2, 0.25) is 5.02 Å². The molecule has 0 spiro atoms. The van der Waals surface area contributed by atoms with Gasteiger partial charge in [-0.25, -0.2) is 4.98 Å². The molecule has 2 aromatic carbocycles. The number of nitrogens with zero attached hydrogens (tertiary/aromatic N) is 2. The summed E-state index contributed by atoms with van der Waals surface area (Å²) in [4.78, 5) is 4.64. The number of hydrogen-bond acceptors (Lipinski definition) is 1. The lowest BCUT2D eigenvalue weighted by atomic mass is 10.2. The van der Waals surface area contributed by atoms with Gasteiger partial charge in [0, 0.05) is 18.8 Å². The molecular weight excluding hydrogens is 291 g/mol. The van der Waals surface area contributed by atoms with Crippen molar-refractivity contribution >= 4 is 34.2 Å². The van der Waals surface area contributed by atoms with Crippen LogP contribution in [0.15, 0.2) is 48.5 Å². The van der Waals surface area contributed by atoms with Crippen LogP contribution in [-0.4, -0.2) is 15.4 Å². The summed E-state index contributed by atoms with van der Waals surface area (Å²) < 4.78 is 2.19. The second-order valence-electron chi connectivity index (χ2n) is 4.65. The first-order valence-corrected chi connectivity index (χ1v) is 7.44. The van der Waals surface area contributed by atoms with E-state index in [0.717, 1.165) is 29.8 Å². The molecule has 102 valence electrons. The van der Waals surface area contributed by atoms with Crippen molar-refractivity contribution < 1.29 is 0 Å². The molecule has 0 amide bonds. The molecule has 0 aliphatic rings. The number of hydrogen-bond donors (Lipinski definition) is 0. The topological polar surface area (TPSA) is 17.8 Å². The summed E-state index contributed by atoms with van der Waals surface area (Å²) in [5.74, 6) is 1.53.